The van der Waals surface area contributed by atoms with Crippen molar-refractivity contribution in [3.8, 4) is 0 Å². The van der Waals surface area contributed by atoms with E-state index in [1.807, 2.05) is 6.92 Å². The average molecular weight is 149 g/mol. The second-order valence-corrected chi connectivity index (χ2v) is 2.98. The Hall–Kier alpha value is -0.850. The smallest absolute Gasteiger partial charge is 0.0371 e. The molecule has 1 nitrogen and oxygen atoms in total. The Morgan fingerprint density at radius 3 is 3.00 bits per heavy atom. The fourth-order valence-electron chi connectivity index (χ4n) is 1.17. The molecular weight excluding hydrogens is 134 g/mol. The molecule has 0 amide bonds. The van der Waals surface area contributed by atoms with Crippen LogP contribution in [0.15, 0.2) is 28.9 Å². The van der Waals surface area contributed by atoms with Crippen molar-refractivity contribution in [1.29, 1.82) is 0 Å². The zero-order chi connectivity index (χ0) is 8.10. The average Bonchev–Trinajstić information content (AvgIpc) is 2.02. The molecule has 1 aliphatic heterocycles. The fraction of sp³-hybridized carbons (Fsp3) is 0.500. The number of hydrogen-bond donors (Lipinski definition) is 0. The van der Waals surface area contributed by atoms with Gasteiger partial charge in [0.1, 0.15) is 0 Å². The standard InChI is InChI=1S/C10H15N/c1-9-7-5-3-4-6-8-10(2)11-9/h3,5,7H,4,6,8H2,1-2H3/b5-3-,9-7?,11-10?. The molecule has 0 unspecified atom stereocenters. The second-order valence-electron chi connectivity index (χ2n) is 2.98. The number of hydrogen-bond acceptors (Lipinski definition) is 1. The second kappa shape index (κ2) is 4.12. The van der Waals surface area contributed by atoms with Crippen LogP contribution in [-0.4, -0.2) is 5.71 Å². The summed E-state index contributed by atoms with van der Waals surface area (Å²) in [6, 6.07) is 0. The zero-order valence-corrected chi connectivity index (χ0v) is 7.30. The largest absolute Gasteiger partial charge is 0.263 e. The van der Waals surface area contributed by atoms with Crippen LogP contribution in [0.1, 0.15) is 33.1 Å². The van der Waals surface area contributed by atoms with Gasteiger partial charge in [0.05, 0.1) is 0 Å². The molecule has 0 atom stereocenters. The minimum atomic E-state index is 1.11. The zero-order valence-electron chi connectivity index (χ0n) is 7.30. The predicted molar refractivity (Wildman–Crippen MR) is 49.9 cm³/mol. The third-order valence-corrected chi connectivity index (χ3v) is 1.75. The summed E-state index contributed by atoms with van der Waals surface area (Å²) in [5, 5.41) is 0. The fourth-order valence-corrected chi connectivity index (χ4v) is 1.17. The number of rotatable bonds is 0. The normalized spacial score (nSPS) is 22.4. The Kier molecular flexibility index (Phi) is 3.09. The number of allylic oxidation sites excluding steroid dienone is 4. The third kappa shape index (κ3) is 3.17. The first-order chi connectivity index (χ1) is 5.29. The molecule has 1 heterocycles. The summed E-state index contributed by atoms with van der Waals surface area (Å²) in [5.74, 6) is 0. The maximum atomic E-state index is 4.42. The molecule has 0 aromatic rings. The van der Waals surface area contributed by atoms with E-state index < -0.39 is 0 Å². The number of aliphatic imine (C=N–C) groups is 1. The molecule has 11 heavy (non-hydrogen) atoms. The maximum absolute atomic E-state index is 4.42. The van der Waals surface area contributed by atoms with Gasteiger partial charge < -0.3 is 0 Å². The van der Waals surface area contributed by atoms with E-state index in [1.54, 1.807) is 0 Å². The molecule has 0 aromatic heterocycles. The molecule has 1 heteroatoms. The highest BCUT2D eigenvalue weighted by Gasteiger charge is 1.93. The lowest BCUT2D eigenvalue weighted by Gasteiger charge is -1.96. The SMILES string of the molecule is CC1=C/C=C\CCCC(C)=N1. The van der Waals surface area contributed by atoms with Gasteiger partial charge in [0.25, 0.3) is 0 Å². The summed E-state index contributed by atoms with van der Waals surface area (Å²) in [7, 11) is 0. The Labute approximate surface area is 68.5 Å². The third-order valence-electron chi connectivity index (χ3n) is 1.75. The molecule has 60 valence electrons. The highest BCUT2D eigenvalue weighted by molar-refractivity contribution is 5.82. The van der Waals surface area contributed by atoms with Gasteiger partial charge in [0, 0.05) is 11.4 Å². The van der Waals surface area contributed by atoms with Crippen LogP contribution < -0.4 is 0 Å². The van der Waals surface area contributed by atoms with Gasteiger partial charge in [-0.3, -0.25) is 4.99 Å². The van der Waals surface area contributed by atoms with Gasteiger partial charge in [0.2, 0.25) is 0 Å². The molecule has 0 aliphatic carbocycles. The molecule has 0 bridgehead atoms. The van der Waals surface area contributed by atoms with Crippen LogP contribution >= 0.6 is 0 Å². The van der Waals surface area contributed by atoms with Gasteiger partial charge in [-0.1, -0.05) is 12.2 Å². The Morgan fingerprint density at radius 2 is 2.18 bits per heavy atom. The molecule has 0 aromatic carbocycles. The van der Waals surface area contributed by atoms with Crippen LogP contribution in [0, 0.1) is 0 Å². The topological polar surface area (TPSA) is 12.4 Å². The predicted octanol–water partition coefficient (Wildman–Crippen LogP) is 3.09. The molecule has 1 rings (SSSR count). The van der Waals surface area contributed by atoms with Crippen LogP contribution in [0.5, 0.6) is 0 Å². The minimum absolute atomic E-state index is 1.11. The summed E-state index contributed by atoms with van der Waals surface area (Å²) >= 11 is 0. The van der Waals surface area contributed by atoms with Crippen molar-refractivity contribution in [3.63, 3.8) is 0 Å². The highest BCUT2D eigenvalue weighted by Crippen LogP contribution is 2.06. The summed E-state index contributed by atoms with van der Waals surface area (Å²) in [6.45, 7) is 4.14. The lowest BCUT2D eigenvalue weighted by atomic mass is 10.2. The van der Waals surface area contributed by atoms with E-state index in [1.165, 1.54) is 18.6 Å². The Morgan fingerprint density at radius 1 is 1.36 bits per heavy atom. The van der Waals surface area contributed by atoms with Gasteiger partial charge in [-0.2, -0.15) is 0 Å². The maximum Gasteiger partial charge on any atom is 0.0371 e. The van der Waals surface area contributed by atoms with Crippen molar-refractivity contribution < 1.29 is 0 Å². The summed E-state index contributed by atoms with van der Waals surface area (Å²) in [5.41, 5.74) is 2.36. The molecule has 1 aliphatic rings. The molecular formula is C10H15N. The molecule has 0 saturated carbocycles. The monoisotopic (exact) mass is 149 g/mol. The molecule has 0 radical (unpaired) electrons. The van der Waals surface area contributed by atoms with E-state index in [9.17, 15) is 0 Å². The van der Waals surface area contributed by atoms with Crippen LogP contribution in [0.3, 0.4) is 0 Å². The van der Waals surface area contributed by atoms with Gasteiger partial charge >= 0.3 is 0 Å². The first-order valence-electron chi connectivity index (χ1n) is 4.16. The Bertz CT molecular complexity index is 209. The summed E-state index contributed by atoms with van der Waals surface area (Å²) in [6.07, 6.45) is 9.91. The first-order valence-corrected chi connectivity index (χ1v) is 4.16. The van der Waals surface area contributed by atoms with E-state index in [0.29, 0.717) is 0 Å². The van der Waals surface area contributed by atoms with Crippen LogP contribution in [0.25, 0.3) is 0 Å². The lowest BCUT2D eigenvalue weighted by Crippen LogP contribution is -1.90. The molecule has 0 spiro atoms. The van der Waals surface area contributed by atoms with Crippen molar-refractivity contribution in [2.75, 3.05) is 0 Å². The van der Waals surface area contributed by atoms with E-state index in [0.717, 1.165) is 12.1 Å². The van der Waals surface area contributed by atoms with E-state index in [4.69, 9.17) is 0 Å². The van der Waals surface area contributed by atoms with Crippen LogP contribution in [0.2, 0.25) is 0 Å². The van der Waals surface area contributed by atoms with Gasteiger partial charge in [-0.05, 0) is 39.2 Å². The van der Waals surface area contributed by atoms with E-state index >= 15 is 0 Å². The minimum Gasteiger partial charge on any atom is -0.263 e. The first kappa shape index (κ1) is 8.25. The van der Waals surface area contributed by atoms with Gasteiger partial charge in [-0.25, -0.2) is 0 Å². The quantitative estimate of drug-likeness (QED) is 0.502. The van der Waals surface area contributed by atoms with Gasteiger partial charge in [0.15, 0.2) is 0 Å². The van der Waals surface area contributed by atoms with Crippen molar-refractivity contribution in [2.45, 2.75) is 33.1 Å². The van der Waals surface area contributed by atoms with Gasteiger partial charge in [-0.15, -0.1) is 0 Å². The van der Waals surface area contributed by atoms with Crippen molar-refractivity contribution >= 4 is 5.71 Å². The molecule has 0 N–H and O–H groups in total. The molecule has 0 saturated heterocycles. The van der Waals surface area contributed by atoms with Crippen molar-refractivity contribution in [3.05, 3.63) is 23.9 Å². The van der Waals surface area contributed by atoms with E-state index in [2.05, 4.69) is 30.1 Å². The number of nitrogens with zero attached hydrogens (tertiary/aromatic N) is 1. The Balaban J connectivity index is 2.73. The van der Waals surface area contributed by atoms with Crippen molar-refractivity contribution in [1.82, 2.24) is 0 Å². The summed E-state index contributed by atoms with van der Waals surface area (Å²) < 4.78 is 0. The summed E-state index contributed by atoms with van der Waals surface area (Å²) in [4.78, 5) is 4.42. The van der Waals surface area contributed by atoms with Crippen molar-refractivity contribution in [2.24, 2.45) is 4.99 Å². The van der Waals surface area contributed by atoms with Crippen LogP contribution in [-0.2, 0) is 0 Å². The lowest BCUT2D eigenvalue weighted by molar-refractivity contribution is 0.891. The highest BCUT2D eigenvalue weighted by atomic mass is 14.7. The van der Waals surface area contributed by atoms with Crippen LogP contribution in [0.4, 0.5) is 0 Å². The molecule has 0 fully saturated rings. The van der Waals surface area contributed by atoms with E-state index in [-0.39, 0.29) is 0 Å².